The minimum Gasteiger partial charge on any atom is -0.497 e. The van der Waals surface area contributed by atoms with Gasteiger partial charge < -0.3 is 14.8 Å². The Kier molecular flexibility index (Phi) is 5.16. The SMILES string of the molecule is COc1ccc2c(c1)OC1(CCCCC1)C[C@H]2NC(C)c1cccc2ccccc12. The van der Waals surface area contributed by atoms with Crippen LogP contribution in [0.2, 0.25) is 0 Å². The third-order valence-electron chi connectivity index (χ3n) is 7.00. The van der Waals surface area contributed by atoms with Gasteiger partial charge in [0.1, 0.15) is 17.1 Å². The van der Waals surface area contributed by atoms with Crippen molar-refractivity contribution < 1.29 is 9.47 Å². The van der Waals surface area contributed by atoms with Crippen molar-refractivity contribution in [1.29, 1.82) is 0 Å². The maximum Gasteiger partial charge on any atom is 0.128 e. The molecule has 1 unspecified atom stereocenters. The van der Waals surface area contributed by atoms with Crippen LogP contribution in [-0.4, -0.2) is 12.7 Å². The van der Waals surface area contributed by atoms with E-state index in [1.165, 1.54) is 41.2 Å². The van der Waals surface area contributed by atoms with Gasteiger partial charge in [-0.1, -0.05) is 55.0 Å². The maximum atomic E-state index is 6.67. The van der Waals surface area contributed by atoms with Gasteiger partial charge in [0, 0.05) is 30.1 Å². The minimum absolute atomic E-state index is 0.0479. The summed E-state index contributed by atoms with van der Waals surface area (Å²) in [6.45, 7) is 2.29. The first-order chi connectivity index (χ1) is 14.7. The smallest absolute Gasteiger partial charge is 0.128 e. The molecule has 2 aliphatic rings. The van der Waals surface area contributed by atoms with E-state index in [2.05, 4.69) is 72.9 Å². The average molecular weight is 402 g/mol. The highest BCUT2D eigenvalue weighted by atomic mass is 16.5. The summed E-state index contributed by atoms with van der Waals surface area (Å²) >= 11 is 0. The van der Waals surface area contributed by atoms with Gasteiger partial charge in [-0.25, -0.2) is 0 Å². The molecule has 1 aliphatic heterocycles. The second kappa shape index (κ2) is 7.96. The molecule has 0 aromatic heterocycles. The number of fused-ring (bicyclic) bond motifs is 2. The van der Waals surface area contributed by atoms with Gasteiger partial charge in [0.15, 0.2) is 0 Å². The number of benzene rings is 3. The third-order valence-corrected chi connectivity index (χ3v) is 7.00. The zero-order valence-electron chi connectivity index (χ0n) is 18.0. The van der Waals surface area contributed by atoms with Crippen molar-refractivity contribution in [3.05, 3.63) is 71.8 Å². The fourth-order valence-corrected chi connectivity index (χ4v) is 5.45. The molecule has 1 N–H and O–H groups in total. The zero-order chi connectivity index (χ0) is 20.6. The number of methoxy groups -OCH3 is 1. The molecule has 1 aliphatic carbocycles. The van der Waals surface area contributed by atoms with Crippen LogP contribution in [0.25, 0.3) is 10.8 Å². The molecule has 3 nitrogen and oxygen atoms in total. The Labute approximate surface area is 179 Å². The average Bonchev–Trinajstić information content (AvgIpc) is 2.78. The second-order valence-corrected chi connectivity index (χ2v) is 8.96. The van der Waals surface area contributed by atoms with Crippen LogP contribution in [-0.2, 0) is 0 Å². The van der Waals surface area contributed by atoms with Gasteiger partial charge in [0.05, 0.1) is 7.11 Å². The predicted octanol–water partition coefficient (Wildman–Crippen LogP) is 6.73. The molecule has 2 atom stereocenters. The van der Waals surface area contributed by atoms with Crippen molar-refractivity contribution >= 4 is 10.8 Å². The normalized spacial score (nSPS) is 21.1. The van der Waals surface area contributed by atoms with E-state index in [1.807, 2.05) is 0 Å². The Morgan fingerprint density at radius 3 is 2.63 bits per heavy atom. The number of hydrogen-bond donors (Lipinski definition) is 1. The first-order valence-electron chi connectivity index (χ1n) is 11.3. The lowest BCUT2D eigenvalue weighted by Gasteiger charge is -2.45. The first kappa shape index (κ1) is 19.4. The van der Waals surface area contributed by atoms with Gasteiger partial charge in [-0.2, -0.15) is 0 Å². The van der Waals surface area contributed by atoms with Gasteiger partial charge in [-0.3, -0.25) is 0 Å². The van der Waals surface area contributed by atoms with E-state index in [1.54, 1.807) is 7.11 Å². The van der Waals surface area contributed by atoms with Gasteiger partial charge in [-0.15, -0.1) is 0 Å². The number of rotatable bonds is 4. The molecule has 0 bridgehead atoms. The highest BCUT2D eigenvalue weighted by Crippen LogP contribution is 2.47. The van der Waals surface area contributed by atoms with Gasteiger partial charge in [0.25, 0.3) is 0 Å². The standard InChI is InChI=1S/C27H31NO2/c1-19(22-12-8-10-20-9-4-5-11-23(20)22)28-25-18-27(15-6-3-7-16-27)30-26-17-21(29-2)13-14-24(25)26/h4-5,8-14,17,19,25,28H,3,6-7,15-16,18H2,1-2H3/t19?,25-/m1/s1. The molecule has 3 heteroatoms. The van der Waals surface area contributed by atoms with E-state index in [0.717, 1.165) is 30.8 Å². The molecule has 30 heavy (non-hydrogen) atoms. The summed E-state index contributed by atoms with van der Waals surface area (Å²) in [5, 5.41) is 6.60. The molecule has 0 radical (unpaired) electrons. The van der Waals surface area contributed by atoms with E-state index < -0.39 is 0 Å². The zero-order valence-corrected chi connectivity index (χ0v) is 18.0. The molecular weight excluding hydrogens is 370 g/mol. The third kappa shape index (κ3) is 3.56. The van der Waals surface area contributed by atoms with Crippen molar-refractivity contribution in [2.75, 3.05) is 7.11 Å². The van der Waals surface area contributed by atoms with Crippen molar-refractivity contribution in [2.45, 2.75) is 63.1 Å². The van der Waals surface area contributed by atoms with Crippen LogP contribution < -0.4 is 14.8 Å². The second-order valence-electron chi connectivity index (χ2n) is 8.96. The number of ether oxygens (including phenoxy) is 2. The van der Waals surface area contributed by atoms with Crippen LogP contribution in [0, 0.1) is 0 Å². The van der Waals surface area contributed by atoms with Crippen LogP contribution >= 0.6 is 0 Å². The maximum absolute atomic E-state index is 6.67. The molecule has 1 heterocycles. The van der Waals surface area contributed by atoms with Crippen LogP contribution in [0.15, 0.2) is 60.7 Å². The van der Waals surface area contributed by atoms with Crippen molar-refractivity contribution in [2.24, 2.45) is 0 Å². The lowest BCUT2D eigenvalue weighted by atomic mass is 9.77. The predicted molar refractivity (Wildman–Crippen MR) is 122 cm³/mol. The minimum atomic E-state index is -0.0479. The molecule has 1 fully saturated rings. The Hall–Kier alpha value is -2.52. The fraction of sp³-hybridized carbons (Fsp3) is 0.407. The highest BCUT2D eigenvalue weighted by molar-refractivity contribution is 5.86. The molecule has 1 saturated carbocycles. The summed E-state index contributed by atoms with van der Waals surface area (Å²) in [5.74, 6) is 1.85. The lowest BCUT2D eigenvalue weighted by Crippen LogP contribution is -2.45. The molecule has 5 rings (SSSR count). The highest BCUT2D eigenvalue weighted by Gasteiger charge is 2.42. The van der Waals surface area contributed by atoms with E-state index in [4.69, 9.17) is 9.47 Å². The van der Waals surface area contributed by atoms with Crippen molar-refractivity contribution in [3.63, 3.8) is 0 Å². The van der Waals surface area contributed by atoms with E-state index in [-0.39, 0.29) is 17.7 Å². The Morgan fingerprint density at radius 1 is 1.00 bits per heavy atom. The lowest BCUT2D eigenvalue weighted by molar-refractivity contribution is -0.00404. The summed E-state index contributed by atoms with van der Waals surface area (Å²) in [4.78, 5) is 0. The Balaban J connectivity index is 1.49. The van der Waals surface area contributed by atoms with Crippen molar-refractivity contribution in [3.8, 4) is 11.5 Å². The van der Waals surface area contributed by atoms with Gasteiger partial charge >= 0.3 is 0 Å². The van der Waals surface area contributed by atoms with Crippen LogP contribution in [0.5, 0.6) is 11.5 Å². The van der Waals surface area contributed by atoms with E-state index in [0.29, 0.717) is 0 Å². The summed E-state index contributed by atoms with van der Waals surface area (Å²) in [6, 6.07) is 22.1. The quantitative estimate of drug-likeness (QED) is 0.526. The topological polar surface area (TPSA) is 30.5 Å². The number of nitrogens with one attached hydrogen (secondary N) is 1. The summed E-state index contributed by atoms with van der Waals surface area (Å²) in [5.41, 5.74) is 2.56. The van der Waals surface area contributed by atoms with Crippen molar-refractivity contribution in [1.82, 2.24) is 5.32 Å². The Morgan fingerprint density at radius 2 is 1.80 bits per heavy atom. The first-order valence-corrected chi connectivity index (χ1v) is 11.3. The van der Waals surface area contributed by atoms with E-state index >= 15 is 0 Å². The summed E-state index contributed by atoms with van der Waals surface area (Å²) in [7, 11) is 1.72. The van der Waals surface area contributed by atoms with Crippen LogP contribution in [0.3, 0.4) is 0 Å². The summed E-state index contributed by atoms with van der Waals surface area (Å²) in [6.07, 6.45) is 7.15. The Bertz CT molecular complexity index is 1030. The number of hydrogen-bond acceptors (Lipinski definition) is 3. The molecular formula is C27H31NO2. The molecule has 3 aromatic rings. The monoisotopic (exact) mass is 401 g/mol. The van der Waals surface area contributed by atoms with E-state index in [9.17, 15) is 0 Å². The molecule has 0 amide bonds. The van der Waals surface area contributed by atoms with Crippen LogP contribution in [0.4, 0.5) is 0 Å². The summed E-state index contributed by atoms with van der Waals surface area (Å²) < 4.78 is 12.2. The molecule has 0 saturated heterocycles. The fourth-order valence-electron chi connectivity index (χ4n) is 5.45. The van der Waals surface area contributed by atoms with Gasteiger partial charge in [-0.05, 0) is 55.0 Å². The largest absolute Gasteiger partial charge is 0.497 e. The molecule has 3 aromatic carbocycles. The molecule has 156 valence electrons. The van der Waals surface area contributed by atoms with Crippen LogP contribution in [0.1, 0.15) is 68.7 Å². The van der Waals surface area contributed by atoms with Gasteiger partial charge in [0.2, 0.25) is 0 Å². The molecule has 1 spiro atoms.